The molecule has 0 aromatic rings. The van der Waals surface area contributed by atoms with Crippen LogP contribution in [0.4, 0.5) is 0 Å². The van der Waals surface area contributed by atoms with Crippen molar-refractivity contribution in [3.05, 3.63) is 0 Å². The topological polar surface area (TPSA) is 237 Å². The second-order valence-electron chi connectivity index (χ2n) is 26.7. The second kappa shape index (κ2) is 61.0. The third-order valence-corrected chi connectivity index (χ3v) is 18.0. The number of esters is 4. The van der Waals surface area contributed by atoms with Crippen LogP contribution in [0.15, 0.2) is 0 Å². The number of aliphatic hydroxyl groups is 1. The number of phosphoric acid groups is 2. The van der Waals surface area contributed by atoms with E-state index in [9.17, 15) is 43.2 Å². The minimum absolute atomic E-state index is 0.101. The number of carbonyl (C=O) groups excluding carboxylic acids is 4. The standard InChI is InChI=1S/C70H136O17P2/c1-8-9-10-11-12-13-25-28-37-44-51-67(72)80-57-65(86-69(74)53-46-39-29-26-23-21-19-17-15-14-16-18-20-22-24-27-34-41-48-61(2)3)59-84-88(76,77)82-55-64(71)56-83-89(78,79)85-60-66(87-70(75)54-47-40-33-31-36-43-50-63(6)7)58-81-68(73)52-45-38-32-30-35-42-49-62(4)5/h61-66,71H,8-60H2,1-7H3,(H,76,77)(H,78,79)/t64-,65-,66-/m1/s1. The third-order valence-electron chi connectivity index (χ3n) is 16.1. The van der Waals surface area contributed by atoms with E-state index >= 15 is 0 Å². The summed E-state index contributed by atoms with van der Waals surface area (Å²) in [6.45, 7) is 11.7. The summed E-state index contributed by atoms with van der Waals surface area (Å²) in [5, 5.41) is 10.6. The number of aliphatic hydroxyl groups excluding tert-OH is 1. The lowest BCUT2D eigenvalue weighted by atomic mass is 10.0. The van der Waals surface area contributed by atoms with Gasteiger partial charge in [-0.2, -0.15) is 0 Å². The van der Waals surface area contributed by atoms with Crippen LogP contribution in [0.2, 0.25) is 0 Å². The van der Waals surface area contributed by atoms with E-state index in [4.69, 9.17) is 37.0 Å². The molecule has 0 aliphatic heterocycles. The number of carbonyl (C=O) groups is 4. The fourth-order valence-electron chi connectivity index (χ4n) is 10.5. The predicted molar refractivity (Wildman–Crippen MR) is 358 cm³/mol. The highest BCUT2D eigenvalue weighted by Gasteiger charge is 2.30. The van der Waals surface area contributed by atoms with E-state index in [0.29, 0.717) is 37.5 Å². The van der Waals surface area contributed by atoms with Gasteiger partial charge in [-0.1, -0.05) is 299 Å². The molecule has 2 unspecified atom stereocenters. The van der Waals surface area contributed by atoms with Crippen molar-refractivity contribution < 1.29 is 80.2 Å². The number of unbranched alkanes of at least 4 members (excludes halogenated alkanes) is 36. The summed E-state index contributed by atoms with van der Waals surface area (Å²) in [5.41, 5.74) is 0. The Bertz CT molecular complexity index is 1750. The molecule has 19 heteroatoms. The van der Waals surface area contributed by atoms with Gasteiger partial charge in [0.05, 0.1) is 26.4 Å². The van der Waals surface area contributed by atoms with Crippen LogP contribution in [-0.2, 0) is 65.4 Å². The first-order valence-corrected chi connectivity index (χ1v) is 39.3. The minimum atomic E-state index is -4.95. The number of phosphoric ester groups is 2. The summed E-state index contributed by atoms with van der Waals surface area (Å²) in [6.07, 6.45) is 44.9. The quantitative estimate of drug-likeness (QED) is 0.0222. The van der Waals surface area contributed by atoms with Gasteiger partial charge in [-0.15, -0.1) is 0 Å². The Hall–Kier alpha value is -1.94. The summed E-state index contributed by atoms with van der Waals surface area (Å²) in [5.74, 6) is 0.0351. The first kappa shape index (κ1) is 87.1. The number of ether oxygens (including phenoxy) is 4. The van der Waals surface area contributed by atoms with E-state index in [1.165, 1.54) is 154 Å². The summed E-state index contributed by atoms with van der Waals surface area (Å²) >= 11 is 0. The van der Waals surface area contributed by atoms with E-state index in [-0.39, 0.29) is 25.7 Å². The van der Waals surface area contributed by atoms with Crippen molar-refractivity contribution in [2.75, 3.05) is 39.6 Å². The van der Waals surface area contributed by atoms with Crippen LogP contribution in [0.1, 0.15) is 350 Å². The molecule has 0 heterocycles. The summed E-state index contributed by atoms with van der Waals surface area (Å²) in [4.78, 5) is 72.3. The fourth-order valence-corrected chi connectivity index (χ4v) is 12.1. The van der Waals surface area contributed by atoms with Crippen molar-refractivity contribution in [3.8, 4) is 0 Å². The predicted octanol–water partition coefficient (Wildman–Crippen LogP) is 19.8. The monoisotopic (exact) mass is 1310 g/mol. The van der Waals surface area contributed by atoms with Crippen molar-refractivity contribution in [1.29, 1.82) is 0 Å². The maximum absolute atomic E-state index is 13.0. The molecule has 0 amide bonds. The molecule has 528 valence electrons. The summed E-state index contributed by atoms with van der Waals surface area (Å²) in [6, 6.07) is 0. The third kappa shape index (κ3) is 64.6. The smallest absolute Gasteiger partial charge is 0.462 e. The lowest BCUT2D eigenvalue weighted by Gasteiger charge is -2.21. The second-order valence-corrected chi connectivity index (χ2v) is 29.6. The van der Waals surface area contributed by atoms with E-state index < -0.39 is 97.5 Å². The molecule has 0 bridgehead atoms. The first-order chi connectivity index (χ1) is 42.7. The van der Waals surface area contributed by atoms with Crippen molar-refractivity contribution in [2.45, 2.75) is 369 Å². The van der Waals surface area contributed by atoms with Gasteiger partial charge in [-0.25, -0.2) is 9.13 Å². The van der Waals surface area contributed by atoms with E-state index in [0.717, 1.165) is 102 Å². The minimum Gasteiger partial charge on any atom is -0.462 e. The highest BCUT2D eigenvalue weighted by molar-refractivity contribution is 7.47. The van der Waals surface area contributed by atoms with Gasteiger partial charge in [0.15, 0.2) is 12.2 Å². The fraction of sp³-hybridized carbons (Fsp3) is 0.943. The van der Waals surface area contributed by atoms with Gasteiger partial charge in [0.1, 0.15) is 19.3 Å². The number of hydrogen-bond donors (Lipinski definition) is 3. The van der Waals surface area contributed by atoms with Crippen LogP contribution in [0, 0.1) is 17.8 Å². The van der Waals surface area contributed by atoms with Crippen molar-refractivity contribution in [2.24, 2.45) is 17.8 Å². The highest BCUT2D eigenvalue weighted by Crippen LogP contribution is 2.45. The maximum atomic E-state index is 13.0. The maximum Gasteiger partial charge on any atom is 0.472 e. The van der Waals surface area contributed by atoms with Crippen LogP contribution in [0.25, 0.3) is 0 Å². The van der Waals surface area contributed by atoms with Crippen molar-refractivity contribution in [3.63, 3.8) is 0 Å². The van der Waals surface area contributed by atoms with Crippen molar-refractivity contribution in [1.82, 2.24) is 0 Å². The Morgan fingerprint density at radius 2 is 0.517 bits per heavy atom. The van der Waals surface area contributed by atoms with Crippen LogP contribution in [0.5, 0.6) is 0 Å². The zero-order valence-corrected chi connectivity index (χ0v) is 59.7. The Balaban J connectivity index is 5.13. The molecule has 5 atom stereocenters. The van der Waals surface area contributed by atoms with Gasteiger partial charge in [0.25, 0.3) is 0 Å². The first-order valence-electron chi connectivity index (χ1n) is 36.3. The van der Waals surface area contributed by atoms with Crippen LogP contribution in [-0.4, -0.2) is 96.7 Å². The van der Waals surface area contributed by atoms with Gasteiger partial charge >= 0.3 is 39.5 Å². The SMILES string of the molecule is CCCCCCCCCCCCC(=O)OC[C@H](COP(=O)(O)OC[C@@H](O)COP(=O)(O)OC[C@@H](COC(=O)CCCCCCCCC(C)C)OC(=O)CCCCCCCCC(C)C)OC(=O)CCCCCCCCCCCCCCCCCCCCC(C)C. The zero-order chi connectivity index (χ0) is 65.9. The number of hydrogen-bond acceptors (Lipinski definition) is 15. The Kier molecular flexibility index (Phi) is 59.6. The molecule has 0 aromatic carbocycles. The van der Waals surface area contributed by atoms with Crippen LogP contribution < -0.4 is 0 Å². The Labute approximate surface area is 543 Å². The lowest BCUT2D eigenvalue weighted by Crippen LogP contribution is -2.30. The summed E-state index contributed by atoms with van der Waals surface area (Å²) in [7, 11) is -9.89. The van der Waals surface area contributed by atoms with Gasteiger partial charge in [-0.3, -0.25) is 37.3 Å². The lowest BCUT2D eigenvalue weighted by molar-refractivity contribution is -0.161. The molecule has 17 nitrogen and oxygen atoms in total. The molecule has 3 N–H and O–H groups in total. The van der Waals surface area contributed by atoms with E-state index in [1.807, 2.05) is 0 Å². The van der Waals surface area contributed by atoms with Gasteiger partial charge in [0, 0.05) is 25.7 Å². The molecule has 0 aliphatic rings. The largest absolute Gasteiger partial charge is 0.472 e. The molecule has 0 saturated heterocycles. The molecule has 0 spiro atoms. The Morgan fingerprint density at radius 1 is 0.303 bits per heavy atom. The number of rotatable bonds is 68. The summed E-state index contributed by atoms with van der Waals surface area (Å²) < 4.78 is 68.1. The van der Waals surface area contributed by atoms with Gasteiger partial charge in [0.2, 0.25) is 0 Å². The Morgan fingerprint density at radius 3 is 0.764 bits per heavy atom. The van der Waals surface area contributed by atoms with E-state index in [2.05, 4.69) is 48.5 Å². The average molecular weight is 1310 g/mol. The molecule has 0 aromatic heterocycles. The van der Waals surface area contributed by atoms with Crippen molar-refractivity contribution >= 4 is 39.5 Å². The molecular formula is C70H136O17P2. The zero-order valence-electron chi connectivity index (χ0n) is 57.9. The molecule has 0 fully saturated rings. The molecule has 0 radical (unpaired) electrons. The molecular weight excluding hydrogens is 1170 g/mol. The molecule has 0 rings (SSSR count). The highest BCUT2D eigenvalue weighted by atomic mass is 31.2. The van der Waals surface area contributed by atoms with E-state index in [1.54, 1.807) is 0 Å². The van der Waals surface area contributed by atoms with Gasteiger partial charge < -0.3 is 33.8 Å². The molecule has 0 aliphatic carbocycles. The van der Waals surface area contributed by atoms with Crippen LogP contribution >= 0.6 is 15.6 Å². The normalized spacial score (nSPS) is 14.2. The molecule has 89 heavy (non-hydrogen) atoms. The average Bonchev–Trinajstić information content (AvgIpc) is 3.68. The van der Waals surface area contributed by atoms with Gasteiger partial charge in [-0.05, 0) is 43.4 Å². The van der Waals surface area contributed by atoms with Crippen LogP contribution in [0.3, 0.4) is 0 Å². The molecule has 0 saturated carbocycles.